The molecular formula is C25H25N3O4. The first-order valence-electron chi connectivity index (χ1n) is 10.9. The Morgan fingerprint density at radius 1 is 0.938 bits per heavy atom. The zero-order valence-electron chi connectivity index (χ0n) is 17.9. The van der Waals surface area contributed by atoms with Gasteiger partial charge in [-0.1, -0.05) is 18.2 Å². The summed E-state index contributed by atoms with van der Waals surface area (Å²) in [7, 11) is 1.66. The number of carbonyl (C=O) groups is 1. The van der Waals surface area contributed by atoms with Gasteiger partial charge >= 0.3 is 0 Å². The van der Waals surface area contributed by atoms with E-state index in [1.165, 1.54) is 5.56 Å². The maximum absolute atomic E-state index is 13.4. The number of rotatable bonds is 5. The molecule has 3 aliphatic heterocycles. The smallest absolute Gasteiger partial charge is 0.271 e. The van der Waals surface area contributed by atoms with Crippen LogP contribution in [0.2, 0.25) is 0 Å². The monoisotopic (exact) mass is 431 g/mol. The van der Waals surface area contributed by atoms with Crippen LogP contribution in [0.15, 0.2) is 60.8 Å². The molecule has 7 heteroatoms. The van der Waals surface area contributed by atoms with Gasteiger partial charge < -0.3 is 23.7 Å². The number of amides is 1. The molecule has 7 nitrogen and oxygen atoms in total. The molecule has 0 radical (unpaired) electrons. The van der Waals surface area contributed by atoms with E-state index >= 15 is 0 Å². The average Bonchev–Trinajstić information content (AvgIpc) is 3.56. The number of benzene rings is 2. The Hall–Kier alpha value is -3.45. The third-order valence-corrected chi connectivity index (χ3v) is 6.71. The van der Waals surface area contributed by atoms with Crippen LogP contribution in [0.4, 0.5) is 0 Å². The lowest BCUT2D eigenvalue weighted by Crippen LogP contribution is -2.49. The summed E-state index contributed by atoms with van der Waals surface area (Å²) in [6.07, 6.45) is 2.04. The van der Waals surface area contributed by atoms with Crippen LogP contribution in [-0.4, -0.2) is 53.3 Å². The Morgan fingerprint density at radius 3 is 2.56 bits per heavy atom. The number of fused-ring (bicyclic) bond motifs is 4. The fourth-order valence-corrected chi connectivity index (χ4v) is 5.13. The van der Waals surface area contributed by atoms with Crippen LogP contribution in [0.25, 0.3) is 0 Å². The van der Waals surface area contributed by atoms with Crippen LogP contribution >= 0.6 is 0 Å². The van der Waals surface area contributed by atoms with E-state index in [0.717, 1.165) is 48.1 Å². The Kier molecular flexibility index (Phi) is 4.57. The van der Waals surface area contributed by atoms with Gasteiger partial charge in [0.1, 0.15) is 11.4 Å². The van der Waals surface area contributed by atoms with E-state index in [0.29, 0.717) is 6.54 Å². The second kappa shape index (κ2) is 7.60. The zero-order valence-corrected chi connectivity index (χ0v) is 17.9. The molecule has 6 rings (SSSR count). The van der Waals surface area contributed by atoms with Crippen molar-refractivity contribution in [2.75, 3.05) is 27.0 Å². The van der Waals surface area contributed by atoms with Crippen LogP contribution in [0.3, 0.4) is 0 Å². The SMILES string of the molecule is COc1ccc(CN2C(=O)c3cccn3[C@H]3CN(Cc4ccc5c(c4)OCO5)C[C@@H]32)cc1. The second-order valence-corrected chi connectivity index (χ2v) is 8.60. The first kappa shape index (κ1) is 19.3. The Bertz CT molecular complexity index is 1160. The Morgan fingerprint density at radius 2 is 1.72 bits per heavy atom. The molecule has 0 bridgehead atoms. The molecule has 0 N–H and O–H groups in total. The second-order valence-electron chi connectivity index (χ2n) is 8.60. The maximum atomic E-state index is 13.4. The normalized spacial score (nSPS) is 21.5. The van der Waals surface area contributed by atoms with E-state index in [-0.39, 0.29) is 24.8 Å². The lowest BCUT2D eigenvalue weighted by atomic mass is 10.0. The van der Waals surface area contributed by atoms with Crippen molar-refractivity contribution in [2.45, 2.75) is 25.2 Å². The summed E-state index contributed by atoms with van der Waals surface area (Å²) in [6, 6.07) is 18.4. The predicted octanol–water partition coefficient (Wildman–Crippen LogP) is 3.31. The maximum Gasteiger partial charge on any atom is 0.271 e. The molecule has 2 aromatic carbocycles. The fourth-order valence-electron chi connectivity index (χ4n) is 5.13. The van der Waals surface area contributed by atoms with E-state index < -0.39 is 0 Å². The molecule has 1 amide bonds. The molecule has 164 valence electrons. The van der Waals surface area contributed by atoms with Crippen molar-refractivity contribution in [1.82, 2.24) is 14.4 Å². The number of hydrogen-bond acceptors (Lipinski definition) is 5. The summed E-state index contributed by atoms with van der Waals surface area (Å²) >= 11 is 0. The van der Waals surface area contributed by atoms with Gasteiger partial charge in [-0.15, -0.1) is 0 Å². The lowest BCUT2D eigenvalue weighted by molar-refractivity contribution is 0.0556. The number of nitrogens with zero attached hydrogens (tertiary/aromatic N) is 3. The molecule has 2 atom stereocenters. The number of methoxy groups -OCH3 is 1. The molecule has 3 aromatic rings. The summed E-state index contributed by atoms with van der Waals surface area (Å²) in [5.41, 5.74) is 3.06. The Labute approximate surface area is 186 Å². The molecule has 0 unspecified atom stereocenters. The van der Waals surface area contributed by atoms with Gasteiger partial charge in [-0.3, -0.25) is 9.69 Å². The number of ether oxygens (including phenoxy) is 3. The highest BCUT2D eigenvalue weighted by atomic mass is 16.7. The molecule has 32 heavy (non-hydrogen) atoms. The molecule has 1 saturated heterocycles. The highest BCUT2D eigenvalue weighted by Crippen LogP contribution is 2.37. The van der Waals surface area contributed by atoms with Crippen LogP contribution in [0, 0.1) is 0 Å². The minimum atomic E-state index is 0.0944. The summed E-state index contributed by atoms with van der Waals surface area (Å²) in [6.45, 7) is 3.41. The number of hydrogen-bond donors (Lipinski definition) is 0. The summed E-state index contributed by atoms with van der Waals surface area (Å²) in [5.74, 6) is 2.53. The van der Waals surface area contributed by atoms with E-state index in [1.807, 2.05) is 53.6 Å². The minimum Gasteiger partial charge on any atom is -0.497 e. The molecular weight excluding hydrogens is 406 g/mol. The fraction of sp³-hybridized carbons (Fsp3) is 0.320. The van der Waals surface area contributed by atoms with Crippen molar-refractivity contribution in [3.63, 3.8) is 0 Å². The third-order valence-electron chi connectivity index (χ3n) is 6.71. The number of likely N-dealkylation sites (tertiary alicyclic amines) is 1. The summed E-state index contributed by atoms with van der Waals surface area (Å²) in [5, 5.41) is 0. The van der Waals surface area contributed by atoms with Gasteiger partial charge in [-0.2, -0.15) is 0 Å². The lowest BCUT2D eigenvalue weighted by Gasteiger charge is -2.38. The zero-order chi connectivity index (χ0) is 21.7. The molecule has 1 fully saturated rings. The van der Waals surface area contributed by atoms with Crippen molar-refractivity contribution in [2.24, 2.45) is 0 Å². The van der Waals surface area contributed by atoms with E-state index in [9.17, 15) is 4.79 Å². The average molecular weight is 431 g/mol. The number of carbonyl (C=O) groups excluding carboxylic acids is 1. The number of aromatic nitrogens is 1. The summed E-state index contributed by atoms with van der Waals surface area (Å²) in [4.78, 5) is 17.8. The minimum absolute atomic E-state index is 0.0944. The van der Waals surface area contributed by atoms with Crippen molar-refractivity contribution in [3.8, 4) is 17.2 Å². The van der Waals surface area contributed by atoms with Gasteiger partial charge in [-0.25, -0.2) is 0 Å². The molecule has 1 aromatic heterocycles. The van der Waals surface area contributed by atoms with E-state index in [4.69, 9.17) is 14.2 Å². The van der Waals surface area contributed by atoms with Gasteiger partial charge in [0.15, 0.2) is 11.5 Å². The largest absolute Gasteiger partial charge is 0.497 e. The topological polar surface area (TPSA) is 56.2 Å². The van der Waals surface area contributed by atoms with Crippen LogP contribution in [-0.2, 0) is 13.1 Å². The van der Waals surface area contributed by atoms with Crippen LogP contribution in [0.5, 0.6) is 17.2 Å². The molecule has 4 heterocycles. The standard InChI is InChI=1S/C25H25N3O4/c1-30-19-7-4-17(5-8-19)13-28-22-15-26(12-18-6-9-23-24(11-18)32-16-31-23)14-21(22)27-10-2-3-20(27)25(28)29/h2-11,21-22H,12-16H2,1H3/t21-,22-/m0/s1. The molecule has 0 saturated carbocycles. The molecule has 3 aliphatic rings. The highest BCUT2D eigenvalue weighted by Gasteiger charge is 2.44. The Balaban J connectivity index is 1.25. The highest BCUT2D eigenvalue weighted by molar-refractivity contribution is 5.94. The molecule has 0 aliphatic carbocycles. The van der Waals surface area contributed by atoms with Crippen LogP contribution < -0.4 is 14.2 Å². The van der Waals surface area contributed by atoms with Gasteiger partial charge in [0.05, 0.1) is 19.2 Å². The van der Waals surface area contributed by atoms with Gasteiger partial charge in [0, 0.05) is 32.4 Å². The van der Waals surface area contributed by atoms with Crippen molar-refractivity contribution >= 4 is 5.91 Å². The summed E-state index contributed by atoms with van der Waals surface area (Å²) < 4.78 is 18.4. The van der Waals surface area contributed by atoms with E-state index in [1.54, 1.807) is 7.11 Å². The first-order chi connectivity index (χ1) is 15.7. The quantitative estimate of drug-likeness (QED) is 0.621. The van der Waals surface area contributed by atoms with Crippen molar-refractivity contribution in [1.29, 1.82) is 0 Å². The predicted molar refractivity (Wildman–Crippen MR) is 118 cm³/mol. The third kappa shape index (κ3) is 3.20. The van der Waals surface area contributed by atoms with Gasteiger partial charge in [0.2, 0.25) is 6.79 Å². The van der Waals surface area contributed by atoms with Crippen molar-refractivity contribution < 1.29 is 19.0 Å². The van der Waals surface area contributed by atoms with Crippen LogP contribution in [0.1, 0.15) is 27.7 Å². The van der Waals surface area contributed by atoms with Crippen molar-refractivity contribution in [3.05, 3.63) is 77.6 Å². The molecule has 0 spiro atoms. The van der Waals surface area contributed by atoms with E-state index in [2.05, 4.69) is 21.6 Å². The van der Waals surface area contributed by atoms with Gasteiger partial charge in [-0.05, 0) is 47.5 Å². The van der Waals surface area contributed by atoms with Gasteiger partial charge in [0.25, 0.3) is 5.91 Å². The first-order valence-corrected chi connectivity index (χ1v) is 10.9.